The lowest BCUT2D eigenvalue weighted by Crippen LogP contribution is -2.34. The van der Waals surface area contributed by atoms with Crippen molar-refractivity contribution < 1.29 is 9.53 Å². The van der Waals surface area contributed by atoms with Crippen LogP contribution in [0.5, 0.6) is 0 Å². The van der Waals surface area contributed by atoms with E-state index in [-0.39, 0.29) is 18.1 Å². The van der Waals surface area contributed by atoms with E-state index in [0.29, 0.717) is 6.54 Å². The van der Waals surface area contributed by atoms with E-state index in [1.807, 2.05) is 26.0 Å². The normalized spacial score (nSPS) is 27.0. The topological polar surface area (TPSA) is 38.3 Å². The van der Waals surface area contributed by atoms with Gasteiger partial charge in [0.15, 0.2) is 0 Å². The van der Waals surface area contributed by atoms with Gasteiger partial charge < -0.3 is 10.1 Å². The molecule has 80 valence electrons. The van der Waals surface area contributed by atoms with Crippen LogP contribution in [0.1, 0.15) is 33.1 Å². The maximum Gasteiger partial charge on any atom is 0.249 e. The molecule has 0 aromatic heterocycles. The monoisotopic (exact) mass is 197 g/mol. The summed E-state index contributed by atoms with van der Waals surface area (Å²) in [6.07, 6.45) is 6.80. The summed E-state index contributed by atoms with van der Waals surface area (Å²) in [6, 6.07) is 0. The molecular formula is C11H19NO2. The van der Waals surface area contributed by atoms with Gasteiger partial charge in [-0.3, -0.25) is 4.79 Å². The molecule has 1 saturated heterocycles. The minimum atomic E-state index is -0.212. The van der Waals surface area contributed by atoms with Gasteiger partial charge in [0.05, 0.1) is 6.10 Å². The fraction of sp³-hybridized carbons (Fsp3) is 0.727. The van der Waals surface area contributed by atoms with Crippen LogP contribution in [0.4, 0.5) is 0 Å². The van der Waals surface area contributed by atoms with Crippen molar-refractivity contribution in [1.82, 2.24) is 5.32 Å². The number of hydrogen-bond donors (Lipinski definition) is 1. The summed E-state index contributed by atoms with van der Waals surface area (Å²) in [5, 5.41) is 2.86. The molecule has 14 heavy (non-hydrogen) atoms. The van der Waals surface area contributed by atoms with Gasteiger partial charge in [-0.05, 0) is 33.1 Å². The van der Waals surface area contributed by atoms with Crippen molar-refractivity contribution in [2.24, 2.45) is 0 Å². The van der Waals surface area contributed by atoms with Crippen LogP contribution in [0.3, 0.4) is 0 Å². The second kappa shape index (κ2) is 5.81. The van der Waals surface area contributed by atoms with Crippen molar-refractivity contribution >= 4 is 5.91 Å². The maximum atomic E-state index is 11.5. The van der Waals surface area contributed by atoms with Crippen LogP contribution >= 0.6 is 0 Å². The largest absolute Gasteiger partial charge is 0.365 e. The van der Waals surface area contributed by atoms with Crippen LogP contribution in [-0.2, 0) is 9.53 Å². The zero-order valence-electron chi connectivity index (χ0n) is 8.95. The van der Waals surface area contributed by atoms with Gasteiger partial charge in [0, 0.05) is 6.54 Å². The number of rotatable bonds is 4. The molecule has 1 N–H and O–H groups in total. The van der Waals surface area contributed by atoms with Gasteiger partial charge in [0.25, 0.3) is 0 Å². The SMILES string of the molecule is C/C=C/CCNC(=O)C1CCC(C)O1. The highest BCUT2D eigenvalue weighted by molar-refractivity contribution is 5.80. The van der Waals surface area contributed by atoms with Gasteiger partial charge in [-0.15, -0.1) is 0 Å². The molecule has 1 rings (SSSR count). The van der Waals surface area contributed by atoms with E-state index in [1.54, 1.807) is 0 Å². The molecule has 1 aliphatic heterocycles. The number of nitrogens with one attached hydrogen (secondary N) is 1. The Hall–Kier alpha value is -0.830. The maximum absolute atomic E-state index is 11.5. The second-order valence-electron chi connectivity index (χ2n) is 3.66. The molecule has 3 nitrogen and oxygen atoms in total. The predicted molar refractivity (Wildman–Crippen MR) is 56.0 cm³/mol. The highest BCUT2D eigenvalue weighted by atomic mass is 16.5. The number of carbonyl (C=O) groups is 1. The Morgan fingerprint density at radius 2 is 2.36 bits per heavy atom. The summed E-state index contributed by atoms with van der Waals surface area (Å²) in [7, 11) is 0. The fourth-order valence-electron chi connectivity index (χ4n) is 1.55. The zero-order valence-corrected chi connectivity index (χ0v) is 8.95. The van der Waals surface area contributed by atoms with Gasteiger partial charge >= 0.3 is 0 Å². The molecule has 2 atom stereocenters. The molecule has 1 fully saturated rings. The number of carbonyl (C=O) groups excluding carboxylic acids is 1. The van der Waals surface area contributed by atoms with Crippen molar-refractivity contribution in [2.45, 2.75) is 45.3 Å². The minimum absolute atomic E-state index is 0.0406. The highest BCUT2D eigenvalue weighted by Gasteiger charge is 2.27. The van der Waals surface area contributed by atoms with E-state index in [2.05, 4.69) is 5.32 Å². The molecule has 1 aliphatic rings. The molecule has 0 radical (unpaired) electrons. The smallest absolute Gasteiger partial charge is 0.249 e. The predicted octanol–water partition coefficient (Wildman–Crippen LogP) is 1.64. The number of allylic oxidation sites excluding steroid dienone is 1. The Labute approximate surface area is 85.5 Å². The molecule has 1 amide bonds. The van der Waals surface area contributed by atoms with Crippen LogP contribution in [0.15, 0.2) is 12.2 Å². The third-order valence-electron chi connectivity index (χ3n) is 2.37. The molecule has 2 unspecified atom stereocenters. The third kappa shape index (κ3) is 3.50. The summed E-state index contributed by atoms with van der Waals surface area (Å²) in [4.78, 5) is 11.5. The summed E-state index contributed by atoms with van der Waals surface area (Å²) in [5.41, 5.74) is 0. The average molecular weight is 197 g/mol. The first-order valence-corrected chi connectivity index (χ1v) is 5.28. The average Bonchev–Trinajstić information content (AvgIpc) is 2.59. The van der Waals surface area contributed by atoms with Crippen molar-refractivity contribution in [3.63, 3.8) is 0 Å². The third-order valence-corrected chi connectivity index (χ3v) is 2.37. The van der Waals surface area contributed by atoms with Crippen LogP contribution in [-0.4, -0.2) is 24.7 Å². The first kappa shape index (κ1) is 11.2. The summed E-state index contributed by atoms with van der Waals surface area (Å²) in [5.74, 6) is 0.0406. The summed E-state index contributed by atoms with van der Waals surface area (Å²) in [6.45, 7) is 4.69. The Morgan fingerprint density at radius 3 is 2.93 bits per heavy atom. The standard InChI is InChI=1S/C11H19NO2/c1-3-4-5-8-12-11(13)10-7-6-9(2)14-10/h3-4,9-10H,5-8H2,1-2H3,(H,12,13)/b4-3+. The highest BCUT2D eigenvalue weighted by Crippen LogP contribution is 2.18. The lowest BCUT2D eigenvalue weighted by molar-refractivity contribution is -0.131. The Balaban J connectivity index is 2.15. The zero-order chi connectivity index (χ0) is 10.4. The van der Waals surface area contributed by atoms with E-state index in [4.69, 9.17) is 4.74 Å². The number of ether oxygens (including phenoxy) is 1. The van der Waals surface area contributed by atoms with Gasteiger partial charge in [0.2, 0.25) is 5.91 Å². The van der Waals surface area contributed by atoms with Crippen molar-refractivity contribution in [2.75, 3.05) is 6.54 Å². The summed E-state index contributed by atoms with van der Waals surface area (Å²) >= 11 is 0. The lowest BCUT2D eigenvalue weighted by Gasteiger charge is -2.10. The second-order valence-corrected chi connectivity index (χ2v) is 3.66. The van der Waals surface area contributed by atoms with E-state index in [1.165, 1.54) is 0 Å². The molecule has 0 saturated carbocycles. The summed E-state index contributed by atoms with van der Waals surface area (Å²) < 4.78 is 5.45. The quantitative estimate of drug-likeness (QED) is 0.549. The lowest BCUT2D eigenvalue weighted by atomic mass is 10.2. The molecule has 0 spiro atoms. The Morgan fingerprint density at radius 1 is 1.57 bits per heavy atom. The Bertz CT molecular complexity index is 213. The molecule has 3 heteroatoms. The number of hydrogen-bond acceptors (Lipinski definition) is 2. The van der Waals surface area contributed by atoms with Crippen molar-refractivity contribution in [1.29, 1.82) is 0 Å². The van der Waals surface area contributed by atoms with E-state index in [9.17, 15) is 4.79 Å². The van der Waals surface area contributed by atoms with Gasteiger partial charge in [-0.1, -0.05) is 12.2 Å². The van der Waals surface area contributed by atoms with Crippen molar-refractivity contribution in [3.05, 3.63) is 12.2 Å². The molecule has 0 aromatic carbocycles. The van der Waals surface area contributed by atoms with Crippen LogP contribution < -0.4 is 5.32 Å². The first-order valence-electron chi connectivity index (χ1n) is 5.28. The van der Waals surface area contributed by atoms with E-state index >= 15 is 0 Å². The van der Waals surface area contributed by atoms with Gasteiger partial charge in [-0.25, -0.2) is 0 Å². The molecule has 1 heterocycles. The van der Waals surface area contributed by atoms with Crippen LogP contribution in [0, 0.1) is 0 Å². The first-order chi connectivity index (χ1) is 6.74. The minimum Gasteiger partial charge on any atom is -0.365 e. The fourth-order valence-corrected chi connectivity index (χ4v) is 1.55. The van der Waals surface area contributed by atoms with Gasteiger partial charge in [-0.2, -0.15) is 0 Å². The molecular weight excluding hydrogens is 178 g/mol. The molecule has 0 aliphatic carbocycles. The van der Waals surface area contributed by atoms with Gasteiger partial charge in [0.1, 0.15) is 6.10 Å². The number of amides is 1. The van der Waals surface area contributed by atoms with E-state index in [0.717, 1.165) is 19.3 Å². The van der Waals surface area contributed by atoms with Crippen LogP contribution in [0.25, 0.3) is 0 Å². The Kier molecular flexibility index (Phi) is 4.66. The molecule has 0 bridgehead atoms. The van der Waals surface area contributed by atoms with E-state index < -0.39 is 0 Å². The van der Waals surface area contributed by atoms with Crippen LogP contribution in [0.2, 0.25) is 0 Å². The van der Waals surface area contributed by atoms with Crippen molar-refractivity contribution in [3.8, 4) is 0 Å². The molecule has 0 aromatic rings.